The molecule has 0 bridgehead atoms. The van der Waals surface area contributed by atoms with Crippen molar-refractivity contribution in [1.29, 1.82) is 0 Å². The molecule has 1 N–H and O–H groups in total. The highest BCUT2D eigenvalue weighted by Crippen LogP contribution is 2.41. The highest BCUT2D eigenvalue weighted by atomic mass is 35.5. The van der Waals surface area contributed by atoms with Crippen LogP contribution in [0.15, 0.2) is 40.9 Å². The summed E-state index contributed by atoms with van der Waals surface area (Å²) < 4.78 is 10.4. The number of halogens is 1. The Labute approximate surface area is 151 Å². The number of esters is 2. The van der Waals surface area contributed by atoms with Crippen molar-refractivity contribution in [2.24, 2.45) is 0 Å². The maximum absolute atomic E-state index is 12.6. The average molecular weight is 365 g/mol. The zero-order valence-electron chi connectivity index (χ0n) is 14.7. The fourth-order valence-electron chi connectivity index (χ4n) is 2.88. The van der Waals surface area contributed by atoms with Crippen LogP contribution in [0.4, 0.5) is 0 Å². The lowest BCUT2D eigenvalue weighted by Crippen LogP contribution is -2.32. The number of ether oxygens (including phenoxy) is 2. The number of rotatable bonds is 5. The number of nitrogens with one attached hydrogen (secondary N) is 1. The summed E-state index contributed by atoms with van der Waals surface area (Å²) in [6.07, 6.45) is 1.55. The molecule has 0 spiro atoms. The van der Waals surface area contributed by atoms with Crippen LogP contribution in [0.3, 0.4) is 0 Å². The summed E-state index contributed by atoms with van der Waals surface area (Å²) in [5.74, 6) is -1.72. The van der Waals surface area contributed by atoms with E-state index in [0.717, 1.165) is 0 Å². The van der Waals surface area contributed by atoms with E-state index in [1.807, 2.05) is 0 Å². The monoisotopic (exact) mass is 364 g/mol. The predicted molar refractivity (Wildman–Crippen MR) is 93.8 cm³/mol. The van der Waals surface area contributed by atoms with Crippen molar-refractivity contribution < 1.29 is 19.1 Å². The van der Waals surface area contributed by atoms with E-state index in [1.165, 1.54) is 0 Å². The molecule has 7 heteroatoms. The molecule has 0 atom stereocenters. The summed E-state index contributed by atoms with van der Waals surface area (Å²) in [7, 11) is 0. The Balaban J connectivity index is 2.66. The van der Waals surface area contributed by atoms with Crippen LogP contribution < -0.4 is 5.32 Å². The van der Waals surface area contributed by atoms with Crippen molar-refractivity contribution in [3.8, 4) is 0 Å². The second-order valence-electron chi connectivity index (χ2n) is 5.46. The SMILES string of the molecule is CCOC(=O)C1=C(C)NC(C)=C(C(=O)OCC)C1c1cccnc1Cl. The van der Waals surface area contributed by atoms with E-state index in [4.69, 9.17) is 21.1 Å². The molecule has 0 saturated carbocycles. The number of pyridine rings is 1. The summed E-state index contributed by atoms with van der Waals surface area (Å²) in [5, 5.41) is 3.29. The van der Waals surface area contributed by atoms with E-state index < -0.39 is 17.9 Å². The number of allylic oxidation sites excluding steroid dienone is 2. The molecule has 134 valence electrons. The van der Waals surface area contributed by atoms with Gasteiger partial charge in [0.1, 0.15) is 5.15 Å². The van der Waals surface area contributed by atoms with Crippen LogP contribution >= 0.6 is 11.6 Å². The first kappa shape index (κ1) is 19.0. The van der Waals surface area contributed by atoms with Gasteiger partial charge in [-0.3, -0.25) is 0 Å². The van der Waals surface area contributed by atoms with Gasteiger partial charge in [-0.1, -0.05) is 17.7 Å². The quantitative estimate of drug-likeness (QED) is 0.639. The lowest BCUT2D eigenvalue weighted by Gasteiger charge is -2.30. The topological polar surface area (TPSA) is 77.5 Å². The lowest BCUT2D eigenvalue weighted by atomic mass is 9.81. The Bertz CT molecular complexity index is 715. The zero-order valence-corrected chi connectivity index (χ0v) is 15.4. The number of aromatic nitrogens is 1. The van der Waals surface area contributed by atoms with Crippen LogP contribution in [0.2, 0.25) is 5.15 Å². The molecule has 0 aromatic carbocycles. The first-order chi connectivity index (χ1) is 11.9. The molecule has 1 aliphatic heterocycles. The summed E-state index contributed by atoms with van der Waals surface area (Å²) in [6.45, 7) is 7.41. The van der Waals surface area contributed by atoms with Crippen molar-refractivity contribution in [1.82, 2.24) is 10.3 Å². The fourth-order valence-corrected chi connectivity index (χ4v) is 3.11. The van der Waals surface area contributed by atoms with E-state index in [1.54, 1.807) is 46.0 Å². The van der Waals surface area contributed by atoms with Gasteiger partial charge in [-0.25, -0.2) is 14.6 Å². The van der Waals surface area contributed by atoms with Gasteiger partial charge >= 0.3 is 11.9 Å². The van der Waals surface area contributed by atoms with Crippen molar-refractivity contribution in [3.05, 3.63) is 51.6 Å². The van der Waals surface area contributed by atoms with E-state index in [9.17, 15) is 9.59 Å². The highest BCUT2D eigenvalue weighted by Gasteiger charge is 2.39. The summed E-state index contributed by atoms with van der Waals surface area (Å²) in [5.41, 5.74) is 2.41. The Kier molecular flexibility index (Phi) is 6.20. The van der Waals surface area contributed by atoms with Crippen LogP contribution in [0.5, 0.6) is 0 Å². The zero-order chi connectivity index (χ0) is 18.6. The molecule has 1 aromatic heterocycles. The van der Waals surface area contributed by atoms with E-state index in [2.05, 4.69) is 10.3 Å². The minimum atomic E-state index is -0.708. The molecule has 0 aliphatic carbocycles. The largest absolute Gasteiger partial charge is 0.463 e. The number of dihydropyridines is 1. The first-order valence-electron chi connectivity index (χ1n) is 8.05. The number of hydrogen-bond acceptors (Lipinski definition) is 6. The second-order valence-corrected chi connectivity index (χ2v) is 5.82. The minimum Gasteiger partial charge on any atom is -0.463 e. The van der Waals surface area contributed by atoms with Crippen molar-refractivity contribution >= 4 is 23.5 Å². The molecule has 0 fully saturated rings. The molecule has 0 radical (unpaired) electrons. The van der Waals surface area contributed by atoms with Gasteiger partial charge in [0.2, 0.25) is 0 Å². The smallest absolute Gasteiger partial charge is 0.336 e. The van der Waals surface area contributed by atoms with Crippen molar-refractivity contribution in [2.75, 3.05) is 13.2 Å². The number of nitrogens with zero attached hydrogens (tertiary/aromatic N) is 1. The van der Waals surface area contributed by atoms with Crippen LogP contribution in [0, 0.1) is 0 Å². The number of carbonyl (C=O) groups excluding carboxylic acids is 2. The molecule has 25 heavy (non-hydrogen) atoms. The van der Waals surface area contributed by atoms with Gasteiger partial charge in [-0.05, 0) is 33.8 Å². The highest BCUT2D eigenvalue weighted by molar-refractivity contribution is 6.30. The lowest BCUT2D eigenvalue weighted by molar-refractivity contribution is -0.139. The molecular formula is C18H21ClN2O4. The van der Waals surface area contributed by atoms with Gasteiger partial charge < -0.3 is 14.8 Å². The van der Waals surface area contributed by atoms with Crippen molar-refractivity contribution in [3.63, 3.8) is 0 Å². The Morgan fingerprint density at radius 1 is 1.12 bits per heavy atom. The van der Waals surface area contributed by atoms with Gasteiger partial charge in [0, 0.05) is 23.2 Å². The van der Waals surface area contributed by atoms with Crippen LogP contribution in [-0.4, -0.2) is 30.1 Å². The van der Waals surface area contributed by atoms with Crippen LogP contribution in [0.1, 0.15) is 39.2 Å². The maximum Gasteiger partial charge on any atom is 0.336 e. The van der Waals surface area contributed by atoms with Gasteiger partial charge in [-0.15, -0.1) is 0 Å². The van der Waals surface area contributed by atoms with E-state index in [0.29, 0.717) is 28.1 Å². The summed E-state index contributed by atoms with van der Waals surface area (Å²) >= 11 is 6.27. The molecule has 0 amide bonds. The third-order valence-electron chi connectivity index (χ3n) is 3.85. The Morgan fingerprint density at radius 3 is 2.08 bits per heavy atom. The summed E-state index contributed by atoms with van der Waals surface area (Å²) in [6, 6.07) is 3.45. The third kappa shape index (κ3) is 3.85. The van der Waals surface area contributed by atoms with Gasteiger partial charge in [0.15, 0.2) is 0 Å². The molecule has 1 aromatic rings. The van der Waals surface area contributed by atoms with Crippen molar-refractivity contribution in [2.45, 2.75) is 33.6 Å². The number of hydrogen-bond donors (Lipinski definition) is 1. The maximum atomic E-state index is 12.6. The van der Waals surface area contributed by atoms with Crippen LogP contribution in [0.25, 0.3) is 0 Å². The second kappa shape index (κ2) is 8.16. The first-order valence-corrected chi connectivity index (χ1v) is 8.43. The summed E-state index contributed by atoms with van der Waals surface area (Å²) in [4.78, 5) is 29.2. The van der Waals surface area contributed by atoms with Gasteiger partial charge in [0.05, 0.1) is 30.3 Å². The molecule has 2 heterocycles. The van der Waals surface area contributed by atoms with E-state index >= 15 is 0 Å². The average Bonchev–Trinajstić information content (AvgIpc) is 2.54. The molecule has 0 saturated heterocycles. The van der Waals surface area contributed by atoms with Gasteiger partial charge in [0.25, 0.3) is 0 Å². The van der Waals surface area contributed by atoms with Crippen LogP contribution in [-0.2, 0) is 19.1 Å². The Hall–Kier alpha value is -2.34. The third-order valence-corrected chi connectivity index (χ3v) is 4.17. The molecular weight excluding hydrogens is 344 g/mol. The molecule has 0 unspecified atom stereocenters. The minimum absolute atomic E-state index is 0.221. The standard InChI is InChI=1S/C18H21ClN2O4/c1-5-24-17(22)13-10(3)21-11(4)14(18(23)25-6-2)15(13)12-8-7-9-20-16(12)19/h7-9,15,21H,5-6H2,1-4H3. The normalized spacial score (nSPS) is 15.1. The molecule has 6 nitrogen and oxygen atoms in total. The molecule has 1 aliphatic rings. The Morgan fingerprint density at radius 2 is 1.64 bits per heavy atom. The van der Waals surface area contributed by atoms with Gasteiger partial charge in [-0.2, -0.15) is 0 Å². The van der Waals surface area contributed by atoms with E-state index in [-0.39, 0.29) is 18.4 Å². The predicted octanol–water partition coefficient (Wildman–Crippen LogP) is 3.10. The number of carbonyl (C=O) groups is 2. The molecule has 2 rings (SSSR count). The fraction of sp³-hybridized carbons (Fsp3) is 0.389.